The average Bonchev–Trinajstić information content (AvgIpc) is 2.65. The van der Waals surface area contributed by atoms with Crippen molar-refractivity contribution in [2.45, 2.75) is 0 Å². The molecule has 2 N–H and O–H groups in total. The van der Waals surface area contributed by atoms with Gasteiger partial charge in [-0.3, -0.25) is 9.59 Å². The molecular formula is C20H18N2O2. The number of carbonyl (C=O) groups excluding carboxylic acids is 2. The van der Waals surface area contributed by atoms with E-state index in [1.54, 1.807) is 18.2 Å². The van der Waals surface area contributed by atoms with Crippen LogP contribution in [0.1, 0.15) is 20.7 Å². The van der Waals surface area contributed by atoms with Crippen molar-refractivity contribution >= 4 is 22.6 Å². The molecule has 0 spiro atoms. The molecule has 3 rings (SSSR count). The Hall–Kier alpha value is -3.14. The second-order valence-corrected chi connectivity index (χ2v) is 5.40. The largest absolute Gasteiger partial charge is 0.350 e. The lowest BCUT2D eigenvalue weighted by Crippen LogP contribution is -2.34. The third kappa shape index (κ3) is 3.60. The minimum Gasteiger partial charge on any atom is -0.350 e. The van der Waals surface area contributed by atoms with E-state index in [4.69, 9.17) is 0 Å². The summed E-state index contributed by atoms with van der Waals surface area (Å²) in [7, 11) is 0. The van der Waals surface area contributed by atoms with Crippen LogP contribution in [0.15, 0.2) is 72.8 Å². The van der Waals surface area contributed by atoms with Crippen molar-refractivity contribution in [2.75, 3.05) is 13.1 Å². The molecule has 2 amide bonds. The van der Waals surface area contributed by atoms with Gasteiger partial charge in [0, 0.05) is 24.2 Å². The van der Waals surface area contributed by atoms with Gasteiger partial charge in [0.15, 0.2) is 0 Å². The number of fused-ring (bicyclic) bond motifs is 1. The number of hydrogen-bond acceptors (Lipinski definition) is 2. The van der Waals surface area contributed by atoms with E-state index < -0.39 is 0 Å². The fourth-order valence-corrected chi connectivity index (χ4v) is 2.56. The van der Waals surface area contributed by atoms with Crippen molar-refractivity contribution < 1.29 is 9.59 Å². The molecule has 0 saturated carbocycles. The van der Waals surface area contributed by atoms with Crippen LogP contribution < -0.4 is 10.6 Å². The van der Waals surface area contributed by atoms with Crippen LogP contribution >= 0.6 is 0 Å². The standard InChI is InChI=1S/C20H18N2O2/c23-19(16-8-2-1-3-9-16)21-13-14-22-20(24)18-12-6-10-15-7-4-5-11-17(15)18/h1-12H,13-14H2,(H,21,23)(H,22,24). The third-order valence-corrected chi connectivity index (χ3v) is 3.77. The van der Waals surface area contributed by atoms with Crippen LogP contribution in [0.5, 0.6) is 0 Å². The van der Waals surface area contributed by atoms with Gasteiger partial charge in [-0.1, -0.05) is 54.6 Å². The number of nitrogens with one attached hydrogen (secondary N) is 2. The molecule has 0 atom stereocenters. The molecule has 120 valence electrons. The summed E-state index contributed by atoms with van der Waals surface area (Å²) in [4.78, 5) is 24.3. The summed E-state index contributed by atoms with van der Waals surface area (Å²) in [5.41, 5.74) is 1.25. The summed E-state index contributed by atoms with van der Waals surface area (Å²) in [6.45, 7) is 0.755. The van der Waals surface area contributed by atoms with Crippen LogP contribution in [0.25, 0.3) is 10.8 Å². The Morgan fingerprint density at radius 3 is 2.08 bits per heavy atom. The van der Waals surface area contributed by atoms with Crippen LogP contribution in [0.4, 0.5) is 0 Å². The van der Waals surface area contributed by atoms with Crippen LogP contribution in [-0.2, 0) is 0 Å². The van der Waals surface area contributed by atoms with Crippen molar-refractivity contribution in [3.05, 3.63) is 83.9 Å². The molecule has 0 heterocycles. The molecule has 0 bridgehead atoms. The molecule has 4 nitrogen and oxygen atoms in total. The highest BCUT2D eigenvalue weighted by Crippen LogP contribution is 2.18. The van der Waals surface area contributed by atoms with E-state index in [2.05, 4.69) is 10.6 Å². The second-order valence-electron chi connectivity index (χ2n) is 5.40. The van der Waals surface area contributed by atoms with Crippen LogP contribution in [0.3, 0.4) is 0 Å². The normalized spacial score (nSPS) is 10.3. The highest BCUT2D eigenvalue weighted by Gasteiger charge is 2.09. The lowest BCUT2D eigenvalue weighted by molar-refractivity contribution is 0.0928. The maximum absolute atomic E-state index is 12.3. The molecule has 0 aromatic heterocycles. The Kier molecular flexibility index (Phi) is 4.87. The Morgan fingerprint density at radius 2 is 1.29 bits per heavy atom. The van der Waals surface area contributed by atoms with Gasteiger partial charge in [-0.15, -0.1) is 0 Å². The van der Waals surface area contributed by atoms with Gasteiger partial charge in [-0.2, -0.15) is 0 Å². The first-order valence-electron chi connectivity index (χ1n) is 7.85. The Balaban J connectivity index is 1.55. The van der Waals surface area contributed by atoms with E-state index in [-0.39, 0.29) is 11.8 Å². The van der Waals surface area contributed by atoms with Crippen molar-refractivity contribution in [1.82, 2.24) is 10.6 Å². The maximum atomic E-state index is 12.3. The molecule has 3 aromatic carbocycles. The lowest BCUT2D eigenvalue weighted by Gasteiger charge is -2.09. The summed E-state index contributed by atoms with van der Waals surface area (Å²) in [5.74, 6) is -0.282. The van der Waals surface area contributed by atoms with E-state index in [9.17, 15) is 9.59 Å². The zero-order valence-corrected chi connectivity index (χ0v) is 13.2. The first-order valence-corrected chi connectivity index (χ1v) is 7.85. The smallest absolute Gasteiger partial charge is 0.251 e. The minimum absolute atomic E-state index is 0.138. The Morgan fingerprint density at radius 1 is 0.667 bits per heavy atom. The second kappa shape index (κ2) is 7.42. The fourth-order valence-electron chi connectivity index (χ4n) is 2.56. The van der Waals surface area contributed by atoms with Gasteiger partial charge in [-0.05, 0) is 29.0 Å². The molecule has 0 saturated heterocycles. The molecule has 0 aliphatic carbocycles. The van der Waals surface area contributed by atoms with Crippen molar-refractivity contribution in [3.63, 3.8) is 0 Å². The van der Waals surface area contributed by atoms with Gasteiger partial charge in [0.2, 0.25) is 0 Å². The lowest BCUT2D eigenvalue weighted by atomic mass is 10.0. The van der Waals surface area contributed by atoms with Gasteiger partial charge < -0.3 is 10.6 Å². The van der Waals surface area contributed by atoms with Crippen LogP contribution in [0.2, 0.25) is 0 Å². The quantitative estimate of drug-likeness (QED) is 0.711. The molecule has 24 heavy (non-hydrogen) atoms. The summed E-state index contributed by atoms with van der Waals surface area (Å²) in [6, 6.07) is 22.4. The van der Waals surface area contributed by atoms with Gasteiger partial charge >= 0.3 is 0 Å². The summed E-state index contributed by atoms with van der Waals surface area (Å²) < 4.78 is 0. The SMILES string of the molecule is O=C(NCCNC(=O)c1cccc2ccccc12)c1ccccc1. The number of amides is 2. The first kappa shape index (κ1) is 15.7. The molecular weight excluding hydrogens is 300 g/mol. The predicted molar refractivity (Wildman–Crippen MR) is 95.1 cm³/mol. The average molecular weight is 318 g/mol. The molecule has 0 aliphatic heterocycles. The minimum atomic E-state index is -0.144. The van der Waals surface area contributed by atoms with Crippen molar-refractivity contribution in [2.24, 2.45) is 0 Å². The fraction of sp³-hybridized carbons (Fsp3) is 0.100. The number of benzene rings is 3. The number of hydrogen-bond donors (Lipinski definition) is 2. The molecule has 0 aliphatic rings. The summed E-state index contributed by atoms with van der Waals surface area (Å²) in [6.07, 6.45) is 0. The predicted octanol–water partition coefficient (Wildman–Crippen LogP) is 3.00. The number of rotatable bonds is 5. The van der Waals surface area contributed by atoms with E-state index in [0.717, 1.165) is 10.8 Å². The zero-order chi connectivity index (χ0) is 16.8. The monoisotopic (exact) mass is 318 g/mol. The van der Waals surface area contributed by atoms with Gasteiger partial charge in [-0.25, -0.2) is 0 Å². The number of carbonyl (C=O) groups is 2. The van der Waals surface area contributed by atoms with Crippen molar-refractivity contribution in [3.8, 4) is 0 Å². The third-order valence-electron chi connectivity index (χ3n) is 3.77. The maximum Gasteiger partial charge on any atom is 0.251 e. The summed E-state index contributed by atoms with van der Waals surface area (Å²) in [5, 5.41) is 7.59. The van der Waals surface area contributed by atoms with Gasteiger partial charge in [0.1, 0.15) is 0 Å². The van der Waals surface area contributed by atoms with Crippen molar-refractivity contribution in [1.29, 1.82) is 0 Å². The molecule has 0 radical (unpaired) electrons. The molecule has 0 fully saturated rings. The van der Waals surface area contributed by atoms with E-state index in [1.165, 1.54) is 0 Å². The van der Waals surface area contributed by atoms with E-state index >= 15 is 0 Å². The Bertz CT molecular complexity index is 854. The van der Waals surface area contributed by atoms with Crippen LogP contribution in [0, 0.1) is 0 Å². The van der Waals surface area contributed by atoms with Crippen LogP contribution in [-0.4, -0.2) is 24.9 Å². The summed E-state index contributed by atoms with van der Waals surface area (Å²) >= 11 is 0. The van der Waals surface area contributed by atoms with E-state index in [0.29, 0.717) is 24.2 Å². The highest BCUT2D eigenvalue weighted by molar-refractivity contribution is 6.07. The molecule has 0 unspecified atom stereocenters. The zero-order valence-electron chi connectivity index (χ0n) is 13.2. The van der Waals surface area contributed by atoms with E-state index in [1.807, 2.05) is 54.6 Å². The topological polar surface area (TPSA) is 58.2 Å². The Labute approximate surface area is 140 Å². The first-order chi connectivity index (χ1) is 11.8. The highest BCUT2D eigenvalue weighted by atomic mass is 16.2. The molecule has 3 aromatic rings. The van der Waals surface area contributed by atoms with Gasteiger partial charge in [0.05, 0.1) is 0 Å². The molecule has 4 heteroatoms. The van der Waals surface area contributed by atoms with Gasteiger partial charge in [0.25, 0.3) is 11.8 Å².